The number of amides is 1. The topological polar surface area (TPSA) is 55.1 Å². The molecule has 2 aromatic rings. The van der Waals surface area contributed by atoms with Gasteiger partial charge in [-0.3, -0.25) is 4.79 Å². The molecule has 0 aliphatic rings. The molecule has 0 radical (unpaired) electrons. The molecular weight excluding hydrogens is 296 g/mol. The second-order valence-corrected chi connectivity index (χ2v) is 4.85. The van der Waals surface area contributed by atoms with Crippen LogP contribution in [-0.4, -0.2) is 10.9 Å². The number of carbonyl (C=O) groups is 1. The lowest BCUT2D eigenvalue weighted by Crippen LogP contribution is -2.22. The lowest BCUT2D eigenvalue weighted by Gasteiger charge is -2.04. The Morgan fingerprint density at radius 3 is 2.83 bits per heavy atom. The summed E-state index contributed by atoms with van der Waals surface area (Å²) >= 11 is 3.33. The van der Waals surface area contributed by atoms with Gasteiger partial charge in [-0.25, -0.2) is 4.98 Å². The van der Waals surface area contributed by atoms with Crippen LogP contribution in [0.4, 0.5) is 0 Å². The molecule has 1 N–H and O–H groups in total. The number of nitrogens with one attached hydrogen (secondary N) is 1. The van der Waals surface area contributed by atoms with E-state index in [2.05, 4.69) is 26.2 Å². The van der Waals surface area contributed by atoms with Crippen LogP contribution in [0.2, 0.25) is 0 Å². The van der Waals surface area contributed by atoms with Crippen molar-refractivity contribution < 1.29 is 9.21 Å². The van der Waals surface area contributed by atoms with Crippen LogP contribution < -0.4 is 5.32 Å². The number of halogens is 1. The van der Waals surface area contributed by atoms with Gasteiger partial charge in [0.15, 0.2) is 5.89 Å². The monoisotopic (exact) mass is 308 g/mol. The minimum Gasteiger partial charge on any atom is -0.444 e. The number of nitrogens with zero attached hydrogens (tertiary/aromatic N) is 1. The van der Waals surface area contributed by atoms with E-state index in [1.165, 1.54) is 0 Å². The van der Waals surface area contributed by atoms with E-state index < -0.39 is 0 Å². The molecule has 1 heterocycles. The van der Waals surface area contributed by atoms with E-state index in [0.717, 1.165) is 10.2 Å². The van der Waals surface area contributed by atoms with Crippen molar-refractivity contribution in [2.75, 3.05) is 0 Å². The van der Waals surface area contributed by atoms with Crippen LogP contribution >= 0.6 is 15.9 Å². The van der Waals surface area contributed by atoms with Crippen LogP contribution in [0.15, 0.2) is 33.2 Å². The second-order valence-electron chi connectivity index (χ2n) is 3.93. The highest BCUT2D eigenvalue weighted by Gasteiger charge is 2.10. The van der Waals surface area contributed by atoms with Gasteiger partial charge in [0, 0.05) is 17.0 Å². The molecule has 2 rings (SSSR count). The van der Waals surface area contributed by atoms with Crippen molar-refractivity contribution in [3.63, 3.8) is 0 Å². The van der Waals surface area contributed by atoms with Crippen molar-refractivity contribution in [1.82, 2.24) is 10.3 Å². The maximum Gasteiger partial charge on any atom is 0.251 e. The SMILES string of the molecule is Cc1nc(C)c(CNC(=O)c2cccc(Br)c2)o1. The molecule has 5 heteroatoms. The molecule has 0 aliphatic carbocycles. The molecule has 0 aliphatic heterocycles. The average molecular weight is 309 g/mol. The molecule has 0 unspecified atom stereocenters. The Morgan fingerprint density at radius 1 is 1.44 bits per heavy atom. The third kappa shape index (κ3) is 2.98. The van der Waals surface area contributed by atoms with Crippen molar-refractivity contribution in [2.45, 2.75) is 20.4 Å². The maximum atomic E-state index is 11.9. The number of oxazole rings is 1. The summed E-state index contributed by atoms with van der Waals surface area (Å²) in [5.41, 5.74) is 1.42. The fourth-order valence-corrected chi connectivity index (χ4v) is 2.03. The van der Waals surface area contributed by atoms with E-state index >= 15 is 0 Å². The first-order valence-electron chi connectivity index (χ1n) is 5.53. The minimum atomic E-state index is -0.134. The second kappa shape index (κ2) is 5.35. The number of hydrogen-bond donors (Lipinski definition) is 1. The highest BCUT2D eigenvalue weighted by Crippen LogP contribution is 2.12. The van der Waals surface area contributed by atoms with Gasteiger partial charge in [0.25, 0.3) is 5.91 Å². The normalized spacial score (nSPS) is 10.4. The molecule has 18 heavy (non-hydrogen) atoms. The number of benzene rings is 1. The number of aromatic nitrogens is 1. The lowest BCUT2D eigenvalue weighted by molar-refractivity contribution is 0.0947. The number of hydrogen-bond acceptors (Lipinski definition) is 3. The summed E-state index contributed by atoms with van der Waals surface area (Å²) < 4.78 is 6.27. The molecule has 0 saturated heterocycles. The van der Waals surface area contributed by atoms with Gasteiger partial charge < -0.3 is 9.73 Å². The van der Waals surface area contributed by atoms with Gasteiger partial charge in [-0.1, -0.05) is 22.0 Å². The summed E-state index contributed by atoms with van der Waals surface area (Å²) in [4.78, 5) is 16.0. The first kappa shape index (κ1) is 12.8. The quantitative estimate of drug-likeness (QED) is 0.948. The summed E-state index contributed by atoms with van der Waals surface area (Å²) in [6.45, 7) is 3.99. The average Bonchev–Trinajstić information content (AvgIpc) is 2.65. The minimum absolute atomic E-state index is 0.134. The Labute approximate surface area is 114 Å². The van der Waals surface area contributed by atoms with Crippen LogP contribution in [0.25, 0.3) is 0 Å². The third-order valence-corrected chi connectivity index (χ3v) is 2.99. The molecule has 0 atom stereocenters. The zero-order chi connectivity index (χ0) is 13.1. The molecule has 1 amide bonds. The Morgan fingerprint density at radius 2 is 2.22 bits per heavy atom. The molecule has 0 fully saturated rings. The molecular formula is C13H13BrN2O2. The van der Waals surface area contributed by atoms with Gasteiger partial charge in [0.1, 0.15) is 5.76 Å². The van der Waals surface area contributed by atoms with Crippen molar-refractivity contribution in [3.8, 4) is 0 Å². The zero-order valence-electron chi connectivity index (χ0n) is 10.2. The number of aryl methyl sites for hydroxylation is 2. The van der Waals surface area contributed by atoms with Gasteiger partial charge in [0.05, 0.1) is 12.2 Å². The van der Waals surface area contributed by atoms with Crippen LogP contribution in [0, 0.1) is 13.8 Å². The van der Waals surface area contributed by atoms with Gasteiger partial charge in [-0.05, 0) is 25.1 Å². The molecule has 0 saturated carbocycles. The molecule has 1 aromatic heterocycles. The van der Waals surface area contributed by atoms with Crippen LogP contribution in [0.1, 0.15) is 27.7 Å². The van der Waals surface area contributed by atoms with E-state index in [4.69, 9.17) is 4.42 Å². The fraction of sp³-hybridized carbons (Fsp3) is 0.231. The zero-order valence-corrected chi connectivity index (χ0v) is 11.7. The predicted molar refractivity (Wildman–Crippen MR) is 71.3 cm³/mol. The Balaban J connectivity index is 2.02. The fourth-order valence-electron chi connectivity index (χ4n) is 1.63. The first-order chi connectivity index (χ1) is 8.56. The van der Waals surface area contributed by atoms with E-state index in [0.29, 0.717) is 23.8 Å². The predicted octanol–water partition coefficient (Wildman–Crippen LogP) is 2.98. The molecule has 4 nitrogen and oxygen atoms in total. The van der Waals surface area contributed by atoms with Gasteiger partial charge in [0.2, 0.25) is 0 Å². The van der Waals surface area contributed by atoms with Gasteiger partial charge >= 0.3 is 0 Å². The first-order valence-corrected chi connectivity index (χ1v) is 6.32. The van der Waals surface area contributed by atoms with E-state index in [1.54, 1.807) is 19.1 Å². The third-order valence-electron chi connectivity index (χ3n) is 2.50. The van der Waals surface area contributed by atoms with Crippen molar-refractivity contribution in [2.24, 2.45) is 0 Å². The largest absolute Gasteiger partial charge is 0.444 e. The van der Waals surface area contributed by atoms with Crippen molar-refractivity contribution >= 4 is 21.8 Å². The molecule has 94 valence electrons. The van der Waals surface area contributed by atoms with E-state index in [-0.39, 0.29) is 5.91 Å². The number of rotatable bonds is 3. The summed E-state index contributed by atoms with van der Waals surface area (Å²) in [6, 6.07) is 7.23. The Kier molecular flexibility index (Phi) is 3.81. The number of carbonyl (C=O) groups excluding carboxylic acids is 1. The maximum absolute atomic E-state index is 11.9. The summed E-state index contributed by atoms with van der Waals surface area (Å²) in [5.74, 6) is 1.17. The molecule has 1 aromatic carbocycles. The summed E-state index contributed by atoms with van der Waals surface area (Å²) in [7, 11) is 0. The Bertz CT molecular complexity index is 578. The standard InChI is InChI=1S/C13H13BrN2O2/c1-8-12(18-9(2)16-8)7-15-13(17)10-4-3-5-11(14)6-10/h3-6H,7H2,1-2H3,(H,15,17). The highest BCUT2D eigenvalue weighted by molar-refractivity contribution is 9.10. The van der Waals surface area contributed by atoms with Crippen LogP contribution in [0.5, 0.6) is 0 Å². The van der Waals surface area contributed by atoms with Crippen molar-refractivity contribution in [3.05, 3.63) is 51.6 Å². The summed E-state index contributed by atoms with van der Waals surface area (Å²) in [6.07, 6.45) is 0. The smallest absolute Gasteiger partial charge is 0.251 e. The highest BCUT2D eigenvalue weighted by atomic mass is 79.9. The Hall–Kier alpha value is -1.62. The van der Waals surface area contributed by atoms with Crippen LogP contribution in [-0.2, 0) is 6.54 Å². The van der Waals surface area contributed by atoms with Gasteiger partial charge in [-0.2, -0.15) is 0 Å². The summed E-state index contributed by atoms with van der Waals surface area (Å²) in [5, 5.41) is 2.80. The van der Waals surface area contributed by atoms with Crippen LogP contribution in [0.3, 0.4) is 0 Å². The van der Waals surface area contributed by atoms with E-state index in [1.807, 2.05) is 19.1 Å². The van der Waals surface area contributed by atoms with Crippen molar-refractivity contribution in [1.29, 1.82) is 0 Å². The molecule has 0 bridgehead atoms. The lowest BCUT2D eigenvalue weighted by atomic mass is 10.2. The molecule has 0 spiro atoms. The van der Waals surface area contributed by atoms with E-state index in [9.17, 15) is 4.79 Å². The van der Waals surface area contributed by atoms with Gasteiger partial charge in [-0.15, -0.1) is 0 Å².